The Morgan fingerprint density at radius 3 is 2.33 bits per heavy atom. The summed E-state index contributed by atoms with van der Waals surface area (Å²) in [6.07, 6.45) is 1.53. The van der Waals surface area contributed by atoms with Crippen molar-refractivity contribution in [1.82, 2.24) is 15.3 Å². The Balaban J connectivity index is 1.39. The van der Waals surface area contributed by atoms with Gasteiger partial charge >= 0.3 is 0 Å². The van der Waals surface area contributed by atoms with Gasteiger partial charge < -0.3 is 10.6 Å². The van der Waals surface area contributed by atoms with E-state index in [2.05, 4.69) is 20.6 Å². The molecule has 0 bridgehead atoms. The number of nitrogens with zero attached hydrogens (tertiary/aromatic N) is 2. The number of hydrogen-bond acceptors (Lipinski definition) is 4. The summed E-state index contributed by atoms with van der Waals surface area (Å²) in [5.41, 5.74) is 4.27. The second-order valence-electron chi connectivity index (χ2n) is 6.67. The minimum absolute atomic E-state index is 0.134. The third-order valence-corrected chi connectivity index (χ3v) is 4.77. The molecule has 1 amide bonds. The molecule has 0 spiro atoms. The van der Waals surface area contributed by atoms with Crippen LogP contribution in [0.1, 0.15) is 15.9 Å². The van der Waals surface area contributed by atoms with Gasteiger partial charge in [-0.1, -0.05) is 54.1 Å². The van der Waals surface area contributed by atoms with Crippen LogP contribution in [0.5, 0.6) is 0 Å². The van der Waals surface area contributed by atoms with Gasteiger partial charge in [-0.05, 0) is 42.0 Å². The molecule has 0 aliphatic rings. The topological polar surface area (TPSA) is 66.9 Å². The van der Waals surface area contributed by atoms with Crippen LogP contribution < -0.4 is 10.6 Å². The largest absolute Gasteiger partial charge is 0.348 e. The quantitative estimate of drug-likeness (QED) is 0.439. The molecule has 148 valence electrons. The molecule has 5 nitrogen and oxygen atoms in total. The number of rotatable bonds is 6. The average Bonchev–Trinajstić information content (AvgIpc) is 2.80. The van der Waals surface area contributed by atoms with E-state index in [4.69, 9.17) is 11.6 Å². The molecule has 2 N–H and O–H groups in total. The first kappa shape index (κ1) is 19.6. The van der Waals surface area contributed by atoms with Crippen molar-refractivity contribution in [2.75, 3.05) is 5.32 Å². The Hall–Kier alpha value is -3.70. The van der Waals surface area contributed by atoms with Gasteiger partial charge in [0.2, 0.25) is 0 Å². The summed E-state index contributed by atoms with van der Waals surface area (Å²) in [6, 6.07) is 26.5. The molecular weight excluding hydrogens is 396 g/mol. The monoisotopic (exact) mass is 414 g/mol. The highest BCUT2D eigenvalue weighted by Crippen LogP contribution is 2.21. The number of anilines is 2. The second-order valence-corrected chi connectivity index (χ2v) is 7.10. The smallest absolute Gasteiger partial charge is 0.251 e. The standard InChI is InChI=1S/C24H19ClN4O/c25-20-10-6-17(7-11-20)15-26-24(30)19-8-12-21(13-9-19)29-23-14-22(27-16-28-23)18-4-2-1-3-5-18/h1-14,16H,15H2,(H,26,30)(H,27,28,29). The van der Waals surface area contributed by atoms with Crippen molar-refractivity contribution < 1.29 is 4.79 Å². The van der Waals surface area contributed by atoms with Gasteiger partial charge in [-0.15, -0.1) is 0 Å². The van der Waals surface area contributed by atoms with E-state index in [-0.39, 0.29) is 5.91 Å². The molecule has 0 saturated heterocycles. The molecule has 0 atom stereocenters. The molecule has 3 aromatic carbocycles. The van der Waals surface area contributed by atoms with Crippen molar-refractivity contribution in [1.29, 1.82) is 0 Å². The number of nitrogens with one attached hydrogen (secondary N) is 2. The maximum atomic E-state index is 12.4. The van der Waals surface area contributed by atoms with Gasteiger partial charge in [0.05, 0.1) is 5.69 Å². The SMILES string of the molecule is O=C(NCc1ccc(Cl)cc1)c1ccc(Nc2cc(-c3ccccc3)ncn2)cc1. The number of aromatic nitrogens is 2. The van der Waals surface area contributed by atoms with Gasteiger partial charge in [0.25, 0.3) is 5.91 Å². The number of benzene rings is 3. The Morgan fingerprint density at radius 1 is 0.867 bits per heavy atom. The predicted molar refractivity (Wildman–Crippen MR) is 120 cm³/mol. The molecule has 1 aromatic heterocycles. The van der Waals surface area contributed by atoms with Gasteiger partial charge in [-0.3, -0.25) is 4.79 Å². The lowest BCUT2D eigenvalue weighted by Gasteiger charge is -2.09. The van der Waals surface area contributed by atoms with Crippen molar-refractivity contribution in [3.05, 3.63) is 107 Å². The summed E-state index contributed by atoms with van der Waals surface area (Å²) in [6.45, 7) is 0.444. The highest BCUT2D eigenvalue weighted by Gasteiger charge is 2.06. The van der Waals surface area contributed by atoms with Gasteiger partial charge in [-0.25, -0.2) is 9.97 Å². The third-order valence-electron chi connectivity index (χ3n) is 4.52. The van der Waals surface area contributed by atoms with Crippen LogP contribution in [0.15, 0.2) is 91.3 Å². The van der Waals surface area contributed by atoms with Crippen LogP contribution >= 0.6 is 11.6 Å². The van der Waals surface area contributed by atoms with E-state index in [1.165, 1.54) is 6.33 Å². The molecule has 0 unspecified atom stereocenters. The molecule has 0 aliphatic heterocycles. The molecule has 0 saturated carbocycles. The minimum Gasteiger partial charge on any atom is -0.348 e. The molecule has 4 aromatic rings. The lowest BCUT2D eigenvalue weighted by atomic mass is 10.1. The molecule has 30 heavy (non-hydrogen) atoms. The fraction of sp³-hybridized carbons (Fsp3) is 0.0417. The molecule has 0 radical (unpaired) electrons. The first-order valence-corrected chi connectivity index (χ1v) is 9.82. The highest BCUT2D eigenvalue weighted by molar-refractivity contribution is 6.30. The summed E-state index contributed by atoms with van der Waals surface area (Å²) in [4.78, 5) is 21.0. The fourth-order valence-corrected chi connectivity index (χ4v) is 3.06. The summed E-state index contributed by atoms with van der Waals surface area (Å²) in [5, 5.41) is 6.83. The normalized spacial score (nSPS) is 10.4. The van der Waals surface area contributed by atoms with Crippen molar-refractivity contribution in [2.24, 2.45) is 0 Å². The van der Waals surface area contributed by atoms with E-state index in [0.717, 1.165) is 22.5 Å². The zero-order valence-electron chi connectivity index (χ0n) is 16.0. The summed E-state index contributed by atoms with van der Waals surface area (Å²) in [7, 11) is 0. The van der Waals surface area contributed by atoms with Crippen molar-refractivity contribution >= 4 is 29.0 Å². The summed E-state index contributed by atoms with van der Waals surface area (Å²) >= 11 is 5.88. The first-order chi connectivity index (χ1) is 14.7. The number of carbonyl (C=O) groups is 1. The number of carbonyl (C=O) groups excluding carboxylic acids is 1. The predicted octanol–water partition coefficient (Wildman–Crippen LogP) is 5.47. The Morgan fingerprint density at radius 2 is 1.60 bits per heavy atom. The second kappa shape index (κ2) is 9.20. The van der Waals surface area contributed by atoms with Gasteiger partial charge in [0, 0.05) is 34.4 Å². The van der Waals surface area contributed by atoms with E-state index in [0.29, 0.717) is 22.9 Å². The third kappa shape index (κ3) is 5.01. The maximum Gasteiger partial charge on any atom is 0.251 e. The van der Waals surface area contributed by atoms with Crippen molar-refractivity contribution in [3.63, 3.8) is 0 Å². The van der Waals surface area contributed by atoms with Gasteiger partial charge in [0.15, 0.2) is 0 Å². The number of amides is 1. The molecular formula is C24H19ClN4O. The van der Waals surface area contributed by atoms with E-state index in [1.54, 1.807) is 24.3 Å². The van der Waals surface area contributed by atoms with Crippen LogP contribution in [0.3, 0.4) is 0 Å². The van der Waals surface area contributed by atoms with Crippen LogP contribution in [0.4, 0.5) is 11.5 Å². The van der Waals surface area contributed by atoms with E-state index < -0.39 is 0 Å². The first-order valence-electron chi connectivity index (χ1n) is 9.44. The lowest BCUT2D eigenvalue weighted by molar-refractivity contribution is 0.0951. The maximum absolute atomic E-state index is 12.4. The van der Waals surface area contributed by atoms with Gasteiger partial charge in [-0.2, -0.15) is 0 Å². The molecule has 4 rings (SSSR count). The average molecular weight is 415 g/mol. The summed E-state index contributed by atoms with van der Waals surface area (Å²) < 4.78 is 0. The van der Waals surface area contributed by atoms with E-state index in [1.807, 2.05) is 60.7 Å². The number of hydrogen-bond donors (Lipinski definition) is 2. The Labute approximate surface area is 179 Å². The minimum atomic E-state index is -0.134. The van der Waals surface area contributed by atoms with E-state index >= 15 is 0 Å². The van der Waals surface area contributed by atoms with E-state index in [9.17, 15) is 4.79 Å². The lowest BCUT2D eigenvalue weighted by Crippen LogP contribution is -2.22. The molecule has 1 heterocycles. The van der Waals surface area contributed by atoms with Crippen LogP contribution in [0.2, 0.25) is 5.02 Å². The van der Waals surface area contributed by atoms with Crippen molar-refractivity contribution in [2.45, 2.75) is 6.54 Å². The van der Waals surface area contributed by atoms with Crippen LogP contribution in [-0.4, -0.2) is 15.9 Å². The molecule has 0 aliphatic carbocycles. The zero-order chi connectivity index (χ0) is 20.8. The van der Waals surface area contributed by atoms with Crippen molar-refractivity contribution in [3.8, 4) is 11.3 Å². The fourth-order valence-electron chi connectivity index (χ4n) is 2.93. The molecule has 0 fully saturated rings. The Kier molecular flexibility index (Phi) is 6.01. The van der Waals surface area contributed by atoms with Crippen LogP contribution in [0, 0.1) is 0 Å². The zero-order valence-corrected chi connectivity index (χ0v) is 16.8. The van der Waals surface area contributed by atoms with Crippen LogP contribution in [-0.2, 0) is 6.54 Å². The Bertz CT molecular complexity index is 1130. The van der Waals surface area contributed by atoms with Gasteiger partial charge in [0.1, 0.15) is 12.1 Å². The highest BCUT2D eigenvalue weighted by atomic mass is 35.5. The van der Waals surface area contributed by atoms with Crippen LogP contribution in [0.25, 0.3) is 11.3 Å². The number of halogens is 1. The summed E-state index contributed by atoms with van der Waals surface area (Å²) in [5.74, 6) is 0.550. The molecule has 6 heteroatoms.